The van der Waals surface area contributed by atoms with Gasteiger partial charge in [0, 0.05) is 11.8 Å². The maximum absolute atomic E-state index is 11.7. The van der Waals surface area contributed by atoms with E-state index in [9.17, 15) is 13.2 Å². The van der Waals surface area contributed by atoms with Gasteiger partial charge in [0.25, 0.3) is 0 Å². The molecule has 0 aliphatic carbocycles. The molecule has 0 aromatic heterocycles. The van der Waals surface area contributed by atoms with Crippen molar-refractivity contribution >= 4 is 16.1 Å². The second kappa shape index (κ2) is 8.50. The summed E-state index contributed by atoms with van der Waals surface area (Å²) in [5.41, 5.74) is 0. The Labute approximate surface area is 98.9 Å². The highest BCUT2D eigenvalue weighted by Gasteiger charge is 2.20. The van der Waals surface area contributed by atoms with Gasteiger partial charge in [-0.15, -0.1) is 0 Å². The fourth-order valence-corrected chi connectivity index (χ4v) is 2.90. The molecule has 0 rings (SSSR count). The molecular formula is C12H22O3S. The maximum atomic E-state index is 11.7. The molecule has 0 bridgehead atoms. The lowest BCUT2D eigenvalue weighted by Crippen LogP contribution is -2.19. The fourth-order valence-electron chi connectivity index (χ4n) is 1.64. The van der Waals surface area contributed by atoms with E-state index in [1.54, 1.807) is 0 Å². The Morgan fingerprint density at radius 3 is 2.31 bits per heavy atom. The fraction of sp³-hybridized carbons (Fsp3) is 0.750. The van der Waals surface area contributed by atoms with Gasteiger partial charge in [-0.25, -0.2) is 8.42 Å². The zero-order valence-corrected chi connectivity index (χ0v) is 10.8. The van der Waals surface area contributed by atoms with E-state index in [1.807, 2.05) is 6.92 Å². The van der Waals surface area contributed by atoms with Crippen molar-refractivity contribution in [3.63, 3.8) is 0 Å². The maximum Gasteiger partial charge on any atom is 0.173 e. The van der Waals surface area contributed by atoms with Gasteiger partial charge in [-0.1, -0.05) is 32.8 Å². The molecule has 3 nitrogen and oxygen atoms in total. The quantitative estimate of drug-likeness (QED) is 0.440. The first-order chi connectivity index (χ1) is 7.58. The van der Waals surface area contributed by atoms with Crippen LogP contribution in [0.15, 0.2) is 12.0 Å². The van der Waals surface area contributed by atoms with Gasteiger partial charge < -0.3 is 4.79 Å². The smallest absolute Gasteiger partial charge is 0.173 e. The number of unbranched alkanes of at least 4 members (excludes halogenated alkanes) is 3. The molecule has 0 aromatic rings. The second-order valence-corrected chi connectivity index (χ2v) is 6.15. The van der Waals surface area contributed by atoms with Crippen molar-refractivity contribution in [2.24, 2.45) is 0 Å². The number of aldehydes is 1. The van der Waals surface area contributed by atoms with Crippen molar-refractivity contribution < 1.29 is 13.2 Å². The second-order valence-electron chi connectivity index (χ2n) is 3.97. The third kappa shape index (κ3) is 6.05. The molecule has 0 radical (unpaired) electrons. The van der Waals surface area contributed by atoms with Gasteiger partial charge in [0.15, 0.2) is 9.84 Å². The summed E-state index contributed by atoms with van der Waals surface area (Å²) >= 11 is 0. The molecule has 0 aromatic carbocycles. The van der Waals surface area contributed by atoms with Crippen LogP contribution >= 0.6 is 0 Å². The summed E-state index contributed by atoms with van der Waals surface area (Å²) in [5, 5.41) is 0.754. The minimum absolute atomic E-state index is 0.309. The van der Waals surface area contributed by atoms with Crippen molar-refractivity contribution in [2.75, 3.05) is 0 Å². The van der Waals surface area contributed by atoms with Gasteiger partial charge in [-0.2, -0.15) is 0 Å². The van der Waals surface area contributed by atoms with E-state index in [1.165, 1.54) is 0 Å². The van der Waals surface area contributed by atoms with Crippen LogP contribution in [0.1, 0.15) is 51.9 Å². The van der Waals surface area contributed by atoms with E-state index in [4.69, 9.17) is 0 Å². The Kier molecular flexibility index (Phi) is 8.16. The summed E-state index contributed by atoms with van der Waals surface area (Å²) in [6.45, 7) is 5.41. The van der Waals surface area contributed by atoms with Crippen LogP contribution in [0.25, 0.3) is 0 Å². The minimum atomic E-state index is -3.14. The molecule has 0 heterocycles. The molecule has 0 spiro atoms. The third-order valence-electron chi connectivity index (χ3n) is 2.67. The van der Waals surface area contributed by atoms with E-state index in [0.717, 1.165) is 37.4 Å². The van der Waals surface area contributed by atoms with Gasteiger partial charge >= 0.3 is 0 Å². The van der Waals surface area contributed by atoms with Crippen LogP contribution in [-0.4, -0.2) is 20.0 Å². The lowest BCUT2D eigenvalue weighted by Gasteiger charge is -2.14. The highest BCUT2D eigenvalue weighted by atomic mass is 32.2. The zero-order chi connectivity index (χ0) is 12.4. The highest BCUT2D eigenvalue weighted by Crippen LogP contribution is 2.18. The Morgan fingerprint density at radius 2 is 1.81 bits per heavy atom. The lowest BCUT2D eigenvalue weighted by molar-refractivity contribution is -0.107. The van der Waals surface area contributed by atoms with Crippen molar-refractivity contribution in [3.05, 3.63) is 12.0 Å². The molecular weight excluding hydrogens is 224 g/mol. The number of carbonyl (C=O) groups is 1. The molecule has 0 amide bonds. The van der Waals surface area contributed by atoms with Crippen molar-refractivity contribution in [3.8, 4) is 0 Å². The Balaban J connectivity index is 4.21. The van der Waals surface area contributed by atoms with Gasteiger partial charge in [0.2, 0.25) is 0 Å². The number of hydrogen-bond acceptors (Lipinski definition) is 3. The Bertz CT molecular complexity index is 293. The van der Waals surface area contributed by atoms with Crippen LogP contribution in [0.3, 0.4) is 0 Å². The third-order valence-corrected chi connectivity index (χ3v) is 4.54. The first-order valence-electron chi connectivity index (χ1n) is 5.88. The van der Waals surface area contributed by atoms with Gasteiger partial charge in [-0.05, 0) is 19.3 Å². The number of hydrogen-bond donors (Lipinski definition) is 0. The first-order valence-corrected chi connectivity index (χ1v) is 7.49. The predicted molar refractivity (Wildman–Crippen MR) is 67.0 cm³/mol. The summed E-state index contributed by atoms with van der Waals surface area (Å²) in [6, 6.07) is 0. The average Bonchev–Trinajstić information content (AvgIpc) is 2.28. The molecule has 94 valence electrons. The Hall–Kier alpha value is -0.640. The predicted octanol–water partition coefficient (Wildman–Crippen LogP) is 2.86. The van der Waals surface area contributed by atoms with Crippen molar-refractivity contribution in [2.45, 2.75) is 57.1 Å². The molecule has 4 heteroatoms. The van der Waals surface area contributed by atoms with Crippen LogP contribution in [0, 0.1) is 0 Å². The highest BCUT2D eigenvalue weighted by molar-refractivity contribution is 7.94. The lowest BCUT2D eigenvalue weighted by atomic mass is 10.1. The monoisotopic (exact) mass is 246 g/mol. The van der Waals surface area contributed by atoms with E-state index in [-0.39, 0.29) is 5.25 Å². The van der Waals surface area contributed by atoms with Gasteiger partial charge in [-0.3, -0.25) is 0 Å². The summed E-state index contributed by atoms with van der Waals surface area (Å²) < 4.78 is 23.4. The Morgan fingerprint density at radius 1 is 1.19 bits per heavy atom. The standard InChI is InChI=1S/C12H22O3S/c1-3-5-9-12(16(14,15)4-2)10-7-6-8-11-13/h4,11-12H,2-3,5-10H2,1H3. The number of rotatable bonds is 10. The van der Waals surface area contributed by atoms with Crippen LogP contribution in [0.5, 0.6) is 0 Å². The minimum Gasteiger partial charge on any atom is -0.303 e. The summed E-state index contributed by atoms with van der Waals surface area (Å²) in [4.78, 5) is 10.1. The summed E-state index contributed by atoms with van der Waals surface area (Å²) in [6.07, 6.45) is 6.23. The van der Waals surface area contributed by atoms with Gasteiger partial charge in [0.1, 0.15) is 6.29 Å². The first kappa shape index (κ1) is 15.4. The van der Waals surface area contributed by atoms with E-state index in [2.05, 4.69) is 6.58 Å². The molecule has 0 fully saturated rings. The van der Waals surface area contributed by atoms with E-state index < -0.39 is 9.84 Å². The molecule has 1 unspecified atom stereocenters. The van der Waals surface area contributed by atoms with Crippen molar-refractivity contribution in [1.29, 1.82) is 0 Å². The van der Waals surface area contributed by atoms with E-state index >= 15 is 0 Å². The SMILES string of the molecule is C=CS(=O)(=O)C(CCCC)CCCCC=O. The molecule has 0 aliphatic heterocycles. The van der Waals surface area contributed by atoms with Gasteiger partial charge in [0.05, 0.1) is 5.25 Å². The summed E-state index contributed by atoms with van der Waals surface area (Å²) in [5.74, 6) is 0. The molecule has 1 atom stereocenters. The normalized spacial score (nSPS) is 13.3. The van der Waals surface area contributed by atoms with Crippen molar-refractivity contribution in [1.82, 2.24) is 0 Å². The summed E-state index contributed by atoms with van der Waals surface area (Å²) in [7, 11) is -3.14. The molecule has 0 saturated heterocycles. The van der Waals surface area contributed by atoms with Crippen LogP contribution < -0.4 is 0 Å². The average molecular weight is 246 g/mol. The molecule has 0 aliphatic rings. The topological polar surface area (TPSA) is 51.2 Å². The van der Waals surface area contributed by atoms with Crippen LogP contribution in [-0.2, 0) is 14.6 Å². The molecule has 0 saturated carbocycles. The van der Waals surface area contributed by atoms with Crippen LogP contribution in [0.4, 0.5) is 0 Å². The number of sulfone groups is 1. The van der Waals surface area contributed by atoms with E-state index in [0.29, 0.717) is 19.3 Å². The zero-order valence-electron chi connectivity index (χ0n) is 10.0. The number of carbonyl (C=O) groups excluding carboxylic acids is 1. The largest absolute Gasteiger partial charge is 0.303 e. The molecule has 0 N–H and O–H groups in total. The van der Waals surface area contributed by atoms with Crippen LogP contribution in [0.2, 0.25) is 0 Å². The molecule has 16 heavy (non-hydrogen) atoms.